The van der Waals surface area contributed by atoms with Gasteiger partial charge in [-0.3, -0.25) is 14.3 Å². The summed E-state index contributed by atoms with van der Waals surface area (Å²) in [6.07, 6.45) is 7.11. The minimum absolute atomic E-state index is 0.0832. The number of likely N-dealkylation sites (tertiary alicyclic amines) is 2. The van der Waals surface area contributed by atoms with Crippen molar-refractivity contribution < 1.29 is 9.59 Å². The highest BCUT2D eigenvalue weighted by Crippen LogP contribution is 2.31. The fraction of sp³-hybridized carbons (Fsp3) is 0.722. The van der Waals surface area contributed by atoms with Crippen molar-refractivity contribution in [1.82, 2.24) is 19.6 Å². The van der Waals surface area contributed by atoms with Crippen LogP contribution < -0.4 is 0 Å². The molecule has 0 aliphatic carbocycles. The van der Waals surface area contributed by atoms with Crippen molar-refractivity contribution >= 4 is 11.8 Å². The second-order valence-electron chi connectivity index (χ2n) is 6.94. The Morgan fingerprint density at radius 2 is 1.92 bits per heavy atom. The van der Waals surface area contributed by atoms with Gasteiger partial charge in [-0.25, -0.2) is 0 Å². The molecule has 6 nitrogen and oxygen atoms in total. The summed E-state index contributed by atoms with van der Waals surface area (Å²) in [6, 6.07) is 2.17. The summed E-state index contributed by atoms with van der Waals surface area (Å²) < 4.78 is 1.76. The highest BCUT2D eigenvalue weighted by Gasteiger charge is 2.34. The van der Waals surface area contributed by atoms with Crippen LogP contribution in [0.3, 0.4) is 0 Å². The molecule has 2 aliphatic rings. The van der Waals surface area contributed by atoms with Crippen molar-refractivity contribution in [3.63, 3.8) is 0 Å². The molecule has 1 aromatic heterocycles. The molecule has 1 atom stereocenters. The zero-order chi connectivity index (χ0) is 17.1. The number of carbonyl (C=O) groups excluding carboxylic acids is 2. The Hall–Kier alpha value is -1.85. The number of aromatic nitrogens is 2. The predicted octanol–water partition coefficient (Wildman–Crippen LogP) is 2.16. The van der Waals surface area contributed by atoms with Gasteiger partial charge in [0.25, 0.3) is 5.91 Å². The van der Waals surface area contributed by atoms with Gasteiger partial charge in [0.15, 0.2) is 0 Å². The van der Waals surface area contributed by atoms with Crippen molar-refractivity contribution in [2.75, 3.05) is 19.6 Å². The quantitative estimate of drug-likeness (QED) is 0.852. The smallest absolute Gasteiger partial charge is 0.272 e. The van der Waals surface area contributed by atoms with E-state index in [1.54, 1.807) is 23.9 Å². The fourth-order valence-electron chi connectivity index (χ4n) is 4.25. The number of nitrogens with zero attached hydrogens (tertiary/aromatic N) is 4. The van der Waals surface area contributed by atoms with Crippen LogP contribution in [-0.4, -0.2) is 57.1 Å². The number of piperidine rings is 2. The maximum absolute atomic E-state index is 12.7. The SMILES string of the molecule is CCn1nccc1C(=O)N1CCC([C@H]2CCCCN2C(C)=O)CC1. The molecular weight excluding hydrogens is 304 g/mol. The van der Waals surface area contributed by atoms with E-state index in [9.17, 15) is 9.59 Å². The first kappa shape index (κ1) is 17.0. The van der Waals surface area contributed by atoms with E-state index in [1.807, 2.05) is 11.8 Å². The second-order valence-corrected chi connectivity index (χ2v) is 6.94. The first-order valence-corrected chi connectivity index (χ1v) is 9.20. The van der Waals surface area contributed by atoms with Crippen molar-refractivity contribution in [2.24, 2.45) is 5.92 Å². The van der Waals surface area contributed by atoms with E-state index in [4.69, 9.17) is 0 Å². The minimum Gasteiger partial charge on any atom is -0.340 e. The molecule has 2 fully saturated rings. The third kappa shape index (κ3) is 3.32. The molecular formula is C18H28N4O2. The summed E-state index contributed by atoms with van der Waals surface area (Å²) in [5, 5.41) is 4.19. The maximum Gasteiger partial charge on any atom is 0.272 e. The summed E-state index contributed by atoms with van der Waals surface area (Å²) >= 11 is 0. The lowest BCUT2D eigenvalue weighted by Crippen LogP contribution is -2.50. The van der Waals surface area contributed by atoms with E-state index >= 15 is 0 Å². The van der Waals surface area contributed by atoms with Crippen molar-refractivity contribution in [1.29, 1.82) is 0 Å². The van der Waals surface area contributed by atoms with Crippen LogP contribution in [-0.2, 0) is 11.3 Å². The van der Waals surface area contributed by atoms with E-state index in [0.717, 1.165) is 45.3 Å². The Morgan fingerprint density at radius 3 is 2.58 bits per heavy atom. The molecule has 0 unspecified atom stereocenters. The third-order valence-corrected chi connectivity index (χ3v) is 5.56. The number of aryl methyl sites for hydroxylation is 1. The Balaban J connectivity index is 1.61. The summed E-state index contributed by atoms with van der Waals surface area (Å²) in [5.74, 6) is 0.805. The van der Waals surface area contributed by atoms with Crippen LogP contribution in [0.2, 0.25) is 0 Å². The Bertz CT molecular complexity index is 590. The van der Waals surface area contributed by atoms with E-state index in [-0.39, 0.29) is 11.8 Å². The van der Waals surface area contributed by atoms with Gasteiger partial charge in [-0.2, -0.15) is 5.10 Å². The lowest BCUT2D eigenvalue weighted by Gasteiger charge is -2.43. The molecule has 0 radical (unpaired) electrons. The van der Waals surface area contributed by atoms with Crippen molar-refractivity contribution in [2.45, 2.75) is 58.5 Å². The molecule has 0 N–H and O–H groups in total. The van der Waals surface area contributed by atoms with Gasteiger partial charge in [0.1, 0.15) is 5.69 Å². The van der Waals surface area contributed by atoms with Crippen LogP contribution in [0.4, 0.5) is 0 Å². The van der Waals surface area contributed by atoms with Gasteiger partial charge < -0.3 is 9.80 Å². The number of carbonyl (C=O) groups is 2. The normalized spacial score (nSPS) is 22.7. The van der Waals surface area contributed by atoms with Crippen LogP contribution in [0.1, 0.15) is 56.4 Å². The monoisotopic (exact) mass is 332 g/mol. The van der Waals surface area contributed by atoms with Gasteiger partial charge in [-0.05, 0) is 51.0 Å². The third-order valence-electron chi connectivity index (χ3n) is 5.56. The second kappa shape index (κ2) is 7.36. The number of amides is 2. The average Bonchev–Trinajstić information content (AvgIpc) is 3.10. The maximum atomic E-state index is 12.7. The molecule has 3 heterocycles. The average molecular weight is 332 g/mol. The number of hydrogen-bond acceptors (Lipinski definition) is 3. The molecule has 2 amide bonds. The molecule has 132 valence electrons. The Labute approximate surface area is 143 Å². The summed E-state index contributed by atoms with van der Waals surface area (Å²) in [5.41, 5.74) is 0.680. The molecule has 2 saturated heterocycles. The van der Waals surface area contributed by atoms with E-state index in [0.29, 0.717) is 24.2 Å². The summed E-state index contributed by atoms with van der Waals surface area (Å²) in [6.45, 7) is 6.84. The zero-order valence-electron chi connectivity index (χ0n) is 14.8. The standard InChI is InChI=1S/C18H28N4O2/c1-3-22-17(7-10-19-22)18(24)20-12-8-15(9-13-20)16-6-4-5-11-21(16)14(2)23/h7,10,15-16H,3-6,8-9,11-13H2,1-2H3/t16-/m1/s1. The van der Waals surface area contributed by atoms with E-state index in [2.05, 4.69) is 10.00 Å². The van der Waals surface area contributed by atoms with Crippen LogP contribution in [0, 0.1) is 5.92 Å². The van der Waals surface area contributed by atoms with Crippen molar-refractivity contribution in [3.8, 4) is 0 Å². The van der Waals surface area contributed by atoms with Crippen LogP contribution in [0.25, 0.3) is 0 Å². The van der Waals surface area contributed by atoms with Crippen LogP contribution >= 0.6 is 0 Å². The molecule has 1 aromatic rings. The van der Waals surface area contributed by atoms with E-state index < -0.39 is 0 Å². The highest BCUT2D eigenvalue weighted by atomic mass is 16.2. The van der Waals surface area contributed by atoms with E-state index in [1.165, 1.54) is 6.42 Å². The first-order valence-electron chi connectivity index (χ1n) is 9.20. The lowest BCUT2D eigenvalue weighted by atomic mass is 9.83. The number of rotatable bonds is 3. The molecule has 3 rings (SSSR count). The number of hydrogen-bond donors (Lipinski definition) is 0. The molecule has 24 heavy (non-hydrogen) atoms. The molecule has 0 spiro atoms. The van der Waals surface area contributed by atoms with Crippen LogP contribution in [0.5, 0.6) is 0 Å². The van der Waals surface area contributed by atoms with Gasteiger partial charge in [-0.1, -0.05) is 0 Å². The summed E-state index contributed by atoms with van der Waals surface area (Å²) in [4.78, 5) is 28.6. The highest BCUT2D eigenvalue weighted by molar-refractivity contribution is 5.92. The minimum atomic E-state index is 0.0832. The molecule has 2 aliphatic heterocycles. The van der Waals surface area contributed by atoms with Gasteiger partial charge in [0.05, 0.1) is 0 Å². The van der Waals surface area contributed by atoms with Gasteiger partial charge in [0, 0.05) is 45.3 Å². The van der Waals surface area contributed by atoms with Gasteiger partial charge in [-0.15, -0.1) is 0 Å². The zero-order valence-corrected chi connectivity index (χ0v) is 14.8. The van der Waals surface area contributed by atoms with Crippen molar-refractivity contribution in [3.05, 3.63) is 18.0 Å². The summed E-state index contributed by atoms with van der Waals surface area (Å²) in [7, 11) is 0. The lowest BCUT2D eigenvalue weighted by molar-refractivity contribution is -0.134. The largest absolute Gasteiger partial charge is 0.340 e. The predicted molar refractivity (Wildman–Crippen MR) is 91.6 cm³/mol. The molecule has 6 heteroatoms. The van der Waals surface area contributed by atoms with Crippen LogP contribution in [0.15, 0.2) is 12.3 Å². The van der Waals surface area contributed by atoms with Gasteiger partial charge >= 0.3 is 0 Å². The molecule has 0 aromatic carbocycles. The molecule has 0 saturated carbocycles. The fourth-order valence-corrected chi connectivity index (χ4v) is 4.25. The molecule has 0 bridgehead atoms. The van der Waals surface area contributed by atoms with Gasteiger partial charge in [0.2, 0.25) is 5.91 Å². The Morgan fingerprint density at radius 1 is 1.17 bits per heavy atom. The first-order chi connectivity index (χ1) is 11.6. The Kier molecular flexibility index (Phi) is 5.21. The topological polar surface area (TPSA) is 58.4 Å².